The second-order valence-corrected chi connectivity index (χ2v) is 7.36. The molecule has 2 saturated heterocycles. The Hall–Kier alpha value is -1.09. The van der Waals surface area contributed by atoms with E-state index in [0.29, 0.717) is 19.6 Å². The highest BCUT2D eigenvalue weighted by molar-refractivity contribution is 7.89. The molecule has 2 aliphatic heterocycles. The molecule has 0 N–H and O–H groups in total. The van der Waals surface area contributed by atoms with Crippen LogP contribution >= 0.6 is 0 Å². The van der Waals surface area contributed by atoms with E-state index in [-0.39, 0.29) is 19.0 Å². The van der Waals surface area contributed by atoms with Crippen LogP contribution in [0.25, 0.3) is 0 Å². The zero-order chi connectivity index (χ0) is 15.7. The van der Waals surface area contributed by atoms with Gasteiger partial charge < -0.3 is 9.47 Å². The minimum atomic E-state index is -4.07. The summed E-state index contributed by atoms with van der Waals surface area (Å²) >= 11 is 0. The van der Waals surface area contributed by atoms with Gasteiger partial charge in [-0.3, -0.25) is 0 Å². The Balaban J connectivity index is 1.83. The van der Waals surface area contributed by atoms with Gasteiger partial charge in [-0.2, -0.15) is 4.31 Å². The second-order valence-electron chi connectivity index (χ2n) is 5.45. The molecule has 0 bridgehead atoms. The van der Waals surface area contributed by atoms with E-state index in [1.165, 1.54) is 4.31 Å². The maximum atomic E-state index is 13.8. The Kier molecular flexibility index (Phi) is 4.44. The van der Waals surface area contributed by atoms with Crippen LogP contribution in [0.1, 0.15) is 12.8 Å². The van der Waals surface area contributed by atoms with Crippen molar-refractivity contribution in [1.82, 2.24) is 4.31 Å². The molecular formula is C14H17F2NO4S. The molecule has 22 heavy (non-hydrogen) atoms. The molecule has 1 aromatic rings. The minimum absolute atomic E-state index is 0.0948. The first-order chi connectivity index (χ1) is 10.5. The molecule has 0 radical (unpaired) electrons. The largest absolute Gasteiger partial charge is 0.350 e. The maximum absolute atomic E-state index is 13.8. The molecule has 0 aliphatic carbocycles. The summed E-state index contributed by atoms with van der Waals surface area (Å²) in [6, 6.07) is 2.44. The summed E-state index contributed by atoms with van der Waals surface area (Å²) in [5.74, 6) is -1.82. The van der Waals surface area contributed by atoms with Gasteiger partial charge in [0.1, 0.15) is 16.5 Å². The number of rotatable bonds is 3. The van der Waals surface area contributed by atoms with Gasteiger partial charge in [0.15, 0.2) is 6.29 Å². The fraction of sp³-hybridized carbons (Fsp3) is 0.571. The summed E-state index contributed by atoms with van der Waals surface area (Å²) in [5.41, 5.74) is 0. The first-order valence-electron chi connectivity index (χ1n) is 7.17. The maximum Gasteiger partial charge on any atom is 0.246 e. The van der Waals surface area contributed by atoms with Crippen molar-refractivity contribution in [2.45, 2.75) is 24.0 Å². The first kappa shape index (κ1) is 15.8. The summed E-state index contributed by atoms with van der Waals surface area (Å²) in [7, 11) is -4.07. The number of hydrogen-bond donors (Lipinski definition) is 0. The molecule has 2 aliphatic rings. The van der Waals surface area contributed by atoms with Crippen LogP contribution in [-0.4, -0.2) is 45.3 Å². The van der Waals surface area contributed by atoms with Crippen LogP contribution in [0.4, 0.5) is 8.78 Å². The van der Waals surface area contributed by atoms with E-state index in [0.717, 1.165) is 24.6 Å². The number of hydrogen-bond acceptors (Lipinski definition) is 4. The van der Waals surface area contributed by atoms with Crippen LogP contribution in [0.2, 0.25) is 0 Å². The normalized spacial score (nSPS) is 24.7. The molecule has 0 aromatic heterocycles. The van der Waals surface area contributed by atoms with Crippen molar-refractivity contribution in [3.8, 4) is 0 Å². The van der Waals surface area contributed by atoms with E-state index < -0.39 is 32.8 Å². The first-order valence-corrected chi connectivity index (χ1v) is 8.61. The number of halogens is 2. The van der Waals surface area contributed by atoms with Crippen molar-refractivity contribution < 1.29 is 26.7 Å². The smallest absolute Gasteiger partial charge is 0.246 e. The lowest BCUT2D eigenvalue weighted by atomic mass is 9.99. The lowest BCUT2D eigenvalue weighted by molar-refractivity contribution is -0.0940. The Bertz CT molecular complexity index is 646. The van der Waals surface area contributed by atoms with Crippen molar-refractivity contribution in [1.29, 1.82) is 0 Å². The molecule has 3 rings (SSSR count). The Morgan fingerprint density at radius 2 is 1.91 bits per heavy atom. The predicted octanol–water partition coefficient (Wildman–Crippen LogP) is 1.74. The van der Waals surface area contributed by atoms with E-state index >= 15 is 0 Å². The molecule has 1 aromatic carbocycles. The van der Waals surface area contributed by atoms with Crippen LogP contribution in [0.15, 0.2) is 23.1 Å². The van der Waals surface area contributed by atoms with Crippen LogP contribution in [0.3, 0.4) is 0 Å². The van der Waals surface area contributed by atoms with Crippen LogP contribution < -0.4 is 0 Å². The Labute approximate surface area is 127 Å². The topological polar surface area (TPSA) is 55.8 Å². The van der Waals surface area contributed by atoms with Crippen molar-refractivity contribution >= 4 is 10.0 Å². The molecule has 2 heterocycles. The highest BCUT2D eigenvalue weighted by Crippen LogP contribution is 2.29. The SMILES string of the molecule is O=S(=O)(c1cc(F)ccc1F)N1CCCC(C2OCCO2)C1. The lowest BCUT2D eigenvalue weighted by Gasteiger charge is -2.33. The van der Waals surface area contributed by atoms with Crippen molar-refractivity contribution in [2.75, 3.05) is 26.3 Å². The summed E-state index contributed by atoms with van der Waals surface area (Å²) in [5, 5.41) is 0. The van der Waals surface area contributed by atoms with E-state index in [4.69, 9.17) is 9.47 Å². The van der Waals surface area contributed by atoms with E-state index in [9.17, 15) is 17.2 Å². The summed E-state index contributed by atoms with van der Waals surface area (Å²) < 4.78 is 64.2. The second kappa shape index (κ2) is 6.19. The Morgan fingerprint density at radius 3 is 2.64 bits per heavy atom. The zero-order valence-electron chi connectivity index (χ0n) is 11.9. The number of piperidine rings is 1. The van der Waals surface area contributed by atoms with Crippen LogP contribution in [-0.2, 0) is 19.5 Å². The standard InChI is InChI=1S/C14H17F2NO4S/c15-11-3-4-12(16)13(8-11)22(18,19)17-5-1-2-10(9-17)14-20-6-7-21-14/h3-4,8,10,14H,1-2,5-7,9H2. The summed E-state index contributed by atoms with van der Waals surface area (Å²) in [4.78, 5) is -0.624. The Morgan fingerprint density at radius 1 is 1.18 bits per heavy atom. The number of ether oxygens (including phenoxy) is 2. The van der Waals surface area contributed by atoms with Gasteiger partial charge in [-0.25, -0.2) is 17.2 Å². The van der Waals surface area contributed by atoms with Gasteiger partial charge in [-0.05, 0) is 31.0 Å². The van der Waals surface area contributed by atoms with Gasteiger partial charge >= 0.3 is 0 Å². The molecule has 0 saturated carbocycles. The third-order valence-electron chi connectivity index (χ3n) is 3.96. The van der Waals surface area contributed by atoms with Crippen LogP contribution in [0.5, 0.6) is 0 Å². The van der Waals surface area contributed by atoms with Gasteiger partial charge in [0.2, 0.25) is 10.0 Å². The molecule has 0 amide bonds. The third-order valence-corrected chi connectivity index (χ3v) is 5.84. The molecule has 5 nitrogen and oxygen atoms in total. The third kappa shape index (κ3) is 3.01. The summed E-state index contributed by atoms with van der Waals surface area (Å²) in [6.45, 7) is 1.45. The van der Waals surface area contributed by atoms with Gasteiger partial charge in [0.05, 0.1) is 13.2 Å². The monoisotopic (exact) mass is 333 g/mol. The number of nitrogens with zero attached hydrogens (tertiary/aromatic N) is 1. The average Bonchev–Trinajstić information content (AvgIpc) is 3.04. The fourth-order valence-electron chi connectivity index (χ4n) is 2.88. The quantitative estimate of drug-likeness (QED) is 0.845. The van der Waals surface area contributed by atoms with Crippen LogP contribution in [0, 0.1) is 17.6 Å². The van der Waals surface area contributed by atoms with Gasteiger partial charge in [0, 0.05) is 19.0 Å². The number of sulfonamides is 1. The fourth-order valence-corrected chi connectivity index (χ4v) is 4.49. The molecule has 2 fully saturated rings. The summed E-state index contributed by atoms with van der Waals surface area (Å²) in [6.07, 6.45) is 0.988. The average molecular weight is 333 g/mol. The lowest BCUT2D eigenvalue weighted by Crippen LogP contribution is -2.44. The highest BCUT2D eigenvalue weighted by atomic mass is 32.2. The predicted molar refractivity (Wildman–Crippen MR) is 73.5 cm³/mol. The van der Waals surface area contributed by atoms with Crippen molar-refractivity contribution in [3.63, 3.8) is 0 Å². The molecule has 122 valence electrons. The van der Waals surface area contributed by atoms with E-state index in [1.807, 2.05) is 0 Å². The molecule has 1 atom stereocenters. The molecule has 1 unspecified atom stereocenters. The van der Waals surface area contributed by atoms with Gasteiger partial charge in [-0.15, -0.1) is 0 Å². The molecule has 0 spiro atoms. The van der Waals surface area contributed by atoms with Gasteiger partial charge in [0.25, 0.3) is 0 Å². The van der Waals surface area contributed by atoms with Crippen molar-refractivity contribution in [3.05, 3.63) is 29.8 Å². The molecular weight excluding hydrogens is 316 g/mol. The number of benzene rings is 1. The van der Waals surface area contributed by atoms with E-state index in [1.54, 1.807) is 0 Å². The molecule has 8 heteroatoms. The minimum Gasteiger partial charge on any atom is -0.350 e. The highest BCUT2D eigenvalue weighted by Gasteiger charge is 2.37. The van der Waals surface area contributed by atoms with Crippen molar-refractivity contribution in [2.24, 2.45) is 5.92 Å². The van der Waals surface area contributed by atoms with E-state index in [2.05, 4.69) is 0 Å². The van der Waals surface area contributed by atoms with Gasteiger partial charge in [-0.1, -0.05) is 0 Å². The zero-order valence-corrected chi connectivity index (χ0v) is 12.7.